The zero-order valence-electron chi connectivity index (χ0n) is 12.0. The van der Waals surface area contributed by atoms with Crippen LogP contribution in [-0.4, -0.2) is 20.0 Å². The summed E-state index contributed by atoms with van der Waals surface area (Å²) in [5.41, 5.74) is 2.03. The first kappa shape index (κ1) is 13.9. The van der Waals surface area contributed by atoms with Gasteiger partial charge in [0.25, 0.3) is 0 Å². The fourth-order valence-corrected chi connectivity index (χ4v) is 2.70. The molecule has 1 aromatic rings. The molecule has 104 valence electrons. The average Bonchev–Trinajstić information content (AvgIpc) is 2.90. The highest BCUT2D eigenvalue weighted by Crippen LogP contribution is 2.28. The highest BCUT2D eigenvalue weighted by molar-refractivity contribution is 5.90. The summed E-state index contributed by atoms with van der Waals surface area (Å²) in [6, 6.07) is 7.96. The van der Waals surface area contributed by atoms with E-state index in [2.05, 4.69) is 5.32 Å². The first-order chi connectivity index (χ1) is 9.15. The van der Waals surface area contributed by atoms with Crippen molar-refractivity contribution in [3.05, 3.63) is 24.3 Å². The van der Waals surface area contributed by atoms with Crippen LogP contribution in [0.2, 0.25) is 0 Å². The lowest BCUT2D eigenvalue weighted by atomic mass is 10.0. The Hall–Kier alpha value is -1.51. The van der Waals surface area contributed by atoms with Crippen molar-refractivity contribution in [1.29, 1.82) is 0 Å². The minimum Gasteiger partial charge on any atom is -0.378 e. The molecule has 0 spiro atoms. The molecule has 0 saturated heterocycles. The molecule has 3 heteroatoms. The van der Waals surface area contributed by atoms with Crippen LogP contribution in [-0.2, 0) is 4.79 Å². The molecular formula is C16H24N2O. The Bertz CT molecular complexity index is 405. The first-order valence-corrected chi connectivity index (χ1v) is 7.22. The SMILES string of the molecule is CN(C)c1ccc(NC(=O)CCC2CCCC2)cc1. The van der Waals surface area contributed by atoms with Crippen LogP contribution in [0.3, 0.4) is 0 Å². The van der Waals surface area contributed by atoms with E-state index in [1.807, 2.05) is 43.3 Å². The van der Waals surface area contributed by atoms with E-state index in [-0.39, 0.29) is 5.91 Å². The van der Waals surface area contributed by atoms with Gasteiger partial charge in [-0.2, -0.15) is 0 Å². The van der Waals surface area contributed by atoms with Crippen molar-refractivity contribution in [2.75, 3.05) is 24.3 Å². The molecule has 1 N–H and O–H groups in total. The number of benzene rings is 1. The molecule has 2 rings (SSSR count). The molecule has 1 amide bonds. The molecule has 1 aliphatic carbocycles. The Morgan fingerprint density at radius 2 is 1.84 bits per heavy atom. The molecule has 0 aromatic heterocycles. The van der Waals surface area contributed by atoms with E-state index in [0.29, 0.717) is 6.42 Å². The van der Waals surface area contributed by atoms with Gasteiger partial charge in [-0.05, 0) is 36.6 Å². The topological polar surface area (TPSA) is 32.3 Å². The number of amides is 1. The second kappa shape index (κ2) is 6.60. The maximum absolute atomic E-state index is 11.9. The van der Waals surface area contributed by atoms with Crippen molar-refractivity contribution in [3.8, 4) is 0 Å². The van der Waals surface area contributed by atoms with Crippen molar-refractivity contribution in [1.82, 2.24) is 0 Å². The summed E-state index contributed by atoms with van der Waals surface area (Å²) in [4.78, 5) is 13.9. The summed E-state index contributed by atoms with van der Waals surface area (Å²) in [7, 11) is 4.02. The maximum Gasteiger partial charge on any atom is 0.224 e. The van der Waals surface area contributed by atoms with Gasteiger partial charge in [0.2, 0.25) is 5.91 Å². The van der Waals surface area contributed by atoms with Gasteiger partial charge < -0.3 is 10.2 Å². The number of nitrogens with zero attached hydrogens (tertiary/aromatic N) is 1. The number of hydrogen-bond donors (Lipinski definition) is 1. The van der Waals surface area contributed by atoms with Crippen LogP contribution in [0, 0.1) is 5.92 Å². The van der Waals surface area contributed by atoms with Gasteiger partial charge in [0.15, 0.2) is 0 Å². The van der Waals surface area contributed by atoms with Crippen LogP contribution in [0.4, 0.5) is 11.4 Å². The Morgan fingerprint density at radius 3 is 2.42 bits per heavy atom. The van der Waals surface area contributed by atoms with Crippen molar-refractivity contribution in [3.63, 3.8) is 0 Å². The van der Waals surface area contributed by atoms with Crippen LogP contribution < -0.4 is 10.2 Å². The highest BCUT2D eigenvalue weighted by atomic mass is 16.1. The third-order valence-electron chi connectivity index (χ3n) is 3.92. The minimum absolute atomic E-state index is 0.143. The first-order valence-electron chi connectivity index (χ1n) is 7.22. The van der Waals surface area contributed by atoms with E-state index in [1.165, 1.54) is 25.7 Å². The third-order valence-corrected chi connectivity index (χ3v) is 3.92. The monoisotopic (exact) mass is 260 g/mol. The maximum atomic E-state index is 11.9. The average molecular weight is 260 g/mol. The number of anilines is 2. The lowest BCUT2D eigenvalue weighted by Gasteiger charge is -2.13. The van der Waals surface area contributed by atoms with Gasteiger partial charge in [0.05, 0.1) is 0 Å². The van der Waals surface area contributed by atoms with Crippen molar-refractivity contribution in [2.45, 2.75) is 38.5 Å². The Balaban J connectivity index is 1.77. The standard InChI is InChI=1S/C16H24N2O/c1-18(2)15-10-8-14(9-11-15)17-16(19)12-7-13-5-3-4-6-13/h8-11,13H,3-7,12H2,1-2H3,(H,17,19). The normalized spacial score (nSPS) is 15.5. The van der Waals surface area contributed by atoms with E-state index >= 15 is 0 Å². The summed E-state index contributed by atoms with van der Waals surface area (Å²) >= 11 is 0. The molecule has 1 saturated carbocycles. The molecule has 1 aromatic carbocycles. The van der Waals surface area contributed by atoms with Crippen LogP contribution in [0.25, 0.3) is 0 Å². The number of carbonyl (C=O) groups excluding carboxylic acids is 1. The predicted octanol–water partition coefficient (Wildman–Crippen LogP) is 3.66. The van der Waals surface area contributed by atoms with Crippen molar-refractivity contribution >= 4 is 17.3 Å². The zero-order chi connectivity index (χ0) is 13.7. The Labute approximate surface area is 116 Å². The van der Waals surface area contributed by atoms with Gasteiger partial charge in [-0.1, -0.05) is 25.7 Å². The van der Waals surface area contributed by atoms with Crippen LogP contribution in [0.1, 0.15) is 38.5 Å². The minimum atomic E-state index is 0.143. The van der Waals surface area contributed by atoms with Gasteiger partial charge >= 0.3 is 0 Å². The molecule has 0 aliphatic heterocycles. The fraction of sp³-hybridized carbons (Fsp3) is 0.562. The van der Waals surface area contributed by atoms with Crippen LogP contribution in [0.15, 0.2) is 24.3 Å². The van der Waals surface area contributed by atoms with Crippen molar-refractivity contribution in [2.24, 2.45) is 5.92 Å². The number of nitrogens with one attached hydrogen (secondary N) is 1. The summed E-state index contributed by atoms with van der Waals surface area (Å²) in [6.07, 6.45) is 7.01. The lowest BCUT2D eigenvalue weighted by Crippen LogP contribution is -2.13. The fourth-order valence-electron chi connectivity index (χ4n) is 2.70. The number of rotatable bonds is 5. The van der Waals surface area contributed by atoms with E-state index < -0.39 is 0 Å². The smallest absolute Gasteiger partial charge is 0.224 e. The lowest BCUT2D eigenvalue weighted by molar-refractivity contribution is -0.116. The molecule has 0 atom stereocenters. The molecule has 3 nitrogen and oxygen atoms in total. The van der Waals surface area contributed by atoms with Gasteiger partial charge in [-0.25, -0.2) is 0 Å². The van der Waals surface area contributed by atoms with Gasteiger partial charge in [0.1, 0.15) is 0 Å². The van der Waals surface area contributed by atoms with Crippen LogP contribution in [0.5, 0.6) is 0 Å². The van der Waals surface area contributed by atoms with Crippen LogP contribution >= 0.6 is 0 Å². The van der Waals surface area contributed by atoms with Gasteiger partial charge in [-0.3, -0.25) is 4.79 Å². The van der Waals surface area contributed by atoms with Crippen molar-refractivity contribution < 1.29 is 4.79 Å². The molecule has 0 bridgehead atoms. The molecule has 19 heavy (non-hydrogen) atoms. The van der Waals surface area contributed by atoms with E-state index in [1.54, 1.807) is 0 Å². The molecule has 0 unspecified atom stereocenters. The Morgan fingerprint density at radius 1 is 1.21 bits per heavy atom. The number of carbonyl (C=O) groups is 1. The molecule has 1 fully saturated rings. The van der Waals surface area contributed by atoms with E-state index in [0.717, 1.165) is 23.7 Å². The van der Waals surface area contributed by atoms with Gasteiger partial charge in [-0.15, -0.1) is 0 Å². The Kier molecular flexibility index (Phi) is 4.83. The number of hydrogen-bond acceptors (Lipinski definition) is 2. The van der Waals surface area contributed by atoms with E-state index in [9.17, 15) is 4.79 Å². The zero-order valence-corrected chi connectivity index (χ0v) is 12.0. The highest BCUT2D eigenvalue weighted by Gasteiger charge is 2.16. The van der Waals surface area contributed by atoms with E-state index in [4.69, 9.17) is 0 Å². The summed E-state index contributed by atoms with van der Waals surface area (Å²) in [5, 5.41) is 2.97. The van der Waals surface area contributed by atoms with Gasteiger partial charge in [0, 0.05) is 31.9 Å². The molecule has 1 aliphatic rings. The quantitative estimate of drug-likeness (QED) is 0.876. The predicted molar refractivity (Wildman–Crippen MR) is 80.6 cm³/mol. The second-order valence-electron chi connectivity index (χ2n) is 5.68. The largest absolute Gasteiger partial charge is 0.378 e. The third kappa shape index (κ3) is 4.27. The summed E-state index contributed by atoms with van der Waals surface area (Å²) in [5.74, 6) is 0.923. The molecule has 0 heterocycles. The molecule has 0 radical (unpaired) electrons. The second-order valence-corrected chi connectivity index (χ2v) is 5.68. The summed E-state index contributed by atoms with van der Waals surface area (Å²) in [6.45, 7) is 0. The molecular weight excluding hydrogens is 236 g/mol. The summed E-state index contributed by atoms with van der Waals surface area (Å²) < 4.78 is 0.